The quantitative estimate of drug-likeness (QED) is 0.607. The zero-order valence-corrected chi connectivity index (χ0v) is 17.1. The molecule has 0 unspecified atom stereocenters. The maximum absolute atomic E-state index is 12.2. The van der Waals surface area contributed by atoms with E-state index in [-0.39, 0.29) is 12.5 Å². The number of pyridine rings is 1. The molecule has 0 saturated carbocycles. The van der Waals surface area contributed by atoms with Crippen LogP contribution < -0.4 is 20.1 Å². The van der Waals surface area contributed by atoms with Crippen molar-refractivity contribution in [1.82, 2.24) is 4.98 Å². The van der Waals surface area contributed by atoms with Gasteiger partial charge in [-0.25, -0.2) is 4.98 Å². The van der Waals surface area contributed by atoms with Crippen LogP contribution in [0.5, 0.6) is 11.5 Å². The summed E-state index contributed by atoms with van der Waals surface area (Å²) in [5.41, 5.74) is 5.20. The number of anilines is 3. The summed E-state index contributed by atoms with van der Waals surface area (Å²) in [5, 5.41) is 6.12. The number of nitrogens with one attached hydrogen (secondary N) is 2. The van der Waals surface area contributed by atoms with Crippen LogP contribution in [-0.2, 0) is 4.79 Å². The predicted molar refractivity (Wildman–Crippen MR) is 115 cm³/mol. The van der Waals surface area contributed by atoms with E-state index in [0.29, 0.717) is 23.0 Å². The van der Waals surface area contributed by atoms with Crippen LogP contribution in [-0.4, -0.2) is 24.6 Å². The zero-order valence-electron chi connectivity index (χ0n) is 17.1. The lowest BCUT2D eigenvalue weighted by Crippen LogP contribution is -2.20. The van der Waals surface area contributed by atoms with Crippen LogP contribution >= 0.6 is 0 Å². The van der Waals surface area contributed by atoms with E-state index in [1.54, 1.807) is 31.5 Å². The Morgan fingerprint density at radius 2 is 1.69 bits per heavy atom. The number of aryl methyl sites for hydroxylation is 3. The van der Waals surface area contributed by atoms with Gasteiger partial charge in [0, 0.05) is 5.69 Å². The number of hydrogen-bond donors (Lipinski definition) is 2. The fraction of sp³-hybridized carbons (Fsp3) is 0.217. The van der Waals surface area contributed by atoms with E-state index >= 15 is 0 Å². The number of methoxy groups -OCH3 is 1. The highest BCUT2D eigenvalue weighted by molar-refractivity contribution is 5.91. The van der Waals surface area contributed by atoms with Crippen molar-refractivity contribution in [1.29, 1.82) is 0 Å². The summed E-state index contributed by atoms with van der Waals surface area (Å²) < 4.78 is 10.7. The number of hydrogen-bond acceptors (Lipinski definition) is 5. The smallest absolute Gasteiger partial charge is 0.262 e. The lowest BCUT2D eigenvalue weighted by molar-refractivity contribution is -0.118. The summed E-state index contributed by atoms with van der Waals surface area (Å²) in [4.78, 5) is 16.6. The molecule has 6 nitrogen and oxygen atoms in total. The van der Waals surface area contributed by atoms with Crippen LogP contribution in [0.3, 0.4) is 0 Å². The molecule has 29 heavy (non-hydrogen) atoms. The predicted octanol–water partition coefficient (Wildman–Crippen LogP) is 4.78. The average Bonchev–Trinajstić information content (AvgIpc) is 2.70. The van der Waals surface area contributed by atoms with E-state index in [1.807, 2.05) is 18.2 Å². The molecule has 0 bridgehead atoms. The van der Waals surface area contributed by atoms with Crippen molar-refractivity contribution in [3.8, 4) is 11.5 Å². The third-order valence-corrected chi connectivity index (χ3v) is 4.41. The number of carbonyl (C=O) groups excluding carboxylic acids is 1. The average molecular weight is 391 g/mol. The Morgan fingerprint density at radius 1 is 1.00 bits per heavy atom. The Bertz CT molecular complexity index is 977. The number of carbonyl (C=O) groups is 1. The minimum absolute atomic E-state index is 0.123. The molecule has 150 valence electrons. The summed E-state index contributed by atoms with van der Waals surface area (Å²) in [6, 6.07) is 15.1. The number of aromatic nitrogens is 1. The molecule has 0 aliphatic carbocycles. The second-order valence-electron chi connectivity index (χ2n) is 6.82. The van der Waals surface area contributed by atoms with E-state index < -0.39 is 0 Å². The molecule has 1 aromatic heterocycles. The highest BCUT2D eigenvalue weighted by Crippen LogP contribution is 2.26. The second-order valence-corrected chi connectivity index (χ2v) is 6.82. The standard InChI is InChI=1S/C23H25N3O3/c1-15-11-16(2)23(17(3)12-15)26-21-10-9-18(13-24-21)25-22(27)14-29-20-8-6-5-7-19(20)28-4/h5-13H,14H2,1-4H3,(H,24,26)(H,25,27). The molecular weight excluding hydrogens is 366 g/mol. The normalized spacial score (nSPS) is 10.3. The van der Waals surface area contributed by atoms with Crippen molar-refractivity contribution < 1.29 is 14.3 Å². The van der Waals surface area contributed by atoms with E-state index in [1.165, 1.54) is 5.56 Å². The lowest BCUT2D eigenvalue weighted by Gasteiger charge is -2.14. The first kappa shape index (κ1) is 20.2. The minimum Gasteiger partial charge on any atom is -0.493 e. The van der Waals surface area contributed by atoms with Gasteiger partial charge in [-0.15, -0.1) is 0 Å². The molecule has 1 heterocycles. The monoisotopic (exact) mass is 391 g/mol. The Kier molecular flexibility index (Phi) is 6.34. The van der Waals surface area contributed by atoms with Crippen molar-refractivity contribution in [2.75, 3.05) is 24.4 Å². The van der Waals surface area contributed by atoms with Gasteiger partial charge in [0.15, 0.2) is 18.1 Å². The van der Waals surface area contributed by atoms with Crippen LogP contribution in [0.15, 0.2) is 54.7 Å². The fourth-order valence-electron chi connectivity index (χ4n) is 3.13. The Labute approximate surface area is 170 Å². The van der Waals surface area contributed by atoms with Gasteiger partial charge >= 0.3 is 0 Å². The number of para-hydroxylation sites is 2. The molecule has 0 aliphatic heterocycles. The highest BCUT2D eigenvalue weighted by atomic mass is 16.5. The molecule has 3 rings (SSSR count). The Morgan fingerprint density at radius 3 is 2.31 bits per heavy atom. The number of amides is 1. The largest absolute Gasteiger partial charge is 0.493 e. The van der Waals surface area contributed by atoms with Crippen LogP contribution in [0.1, 0.15) is 16.7 Å². The van der Waals surface area contributed by atoms with E-state index in [0.717, 1.165) is 16.8 Å². The summed E-state index contributed by atoms with van der Waals surface area (Å²) in [6.07, 6.45) is 1.61. The highest BCUT2D eigenvalue weighted by Gasteiger charge is 2.09. The van der Waals surface area contributed by atoms with Gasteiger partial charge in [0.2, 0.25) is 0 Å². The van der Waals surface area contributed by atoms with Crippen molar-refractivity contribution in [3.63, 3.8) is 0 Å². The number of ether oxygens (including phenoxy) is 2. The summed E-state index contributed by atoms with van der Waals surface area (Å²) in [5.74, 6) is 1.54. The van der Waals surface area contributed by atoms with Crippen molar-refractivity contribution in [2.24, 2.45) is 0 Å². The van der Waals surface area contributed by atoms with E-state index in [4.69, 9.17) is 9.47 Å². The summed E-state index contributed by atoms with van der Waals surface area (Å²) in [7, 11) is 1.56. The van der Waals surface area contributed by atoms with Crippen molar-refractivity contribution in [2.45, 2.75) is 20.8 Å². The summed E-state index contributed by atoms with van der Waals surface area (Å²) in [6.45, 7) is 6.09. The number of benzene rings is 2. The maximum atomic E-state index is 12.2. The molecular formula is C23H25N3O3. The molecule has 6 heteroatoms. The molecule has 3 aromatic rings. The topological polar surface area (TPSA) is 72.5 Å². The molecule has 1 amide bonds. The van der Waals surface area contributed by atoms with Gasteiger partial charge in [0.1, 0.15) is 5.82 Å². The first-order chi connectivity index (χ1) is 14.0. The Balaban J connectivity index is 1.58. The third kappa shape index (κ3) is 5.25. The van der Waals surface area contributed by atoms with E-state index in [2.05, 4.69) is 48.5 Å². The Hall–Kier alpha value is -3.54. The van der Waals surface area contributed by atoms with Crippen molar-refractivity contribution in [3.05, 3.63) is 71.4 Å². The van der Waals surface area contributed by atoms with Crippen molar-refractivity contribution >= 4 is 23.1 Å². The van der Waals surface area contributed by atoms with Crippen LogP contribution in [0.4, 0.5) is 17.2 Å². The minimum atomic E-state index is -0.274. The number of rotatable bonds is 7. The summed E-state index contributed by atoms with van der Waals surface area (Å²) >= 11 is 0. The molecule has 2 N–H and O–H groups in total. The molecule has 0 saturated heterocycles. The van der Waals surface area contributed by atoms with Gasteiger partial charge in [-0.1, -0.05) is 29.8 Å². The number of nitrogens with zero attached hydrogens (tertiary/aromatic N) is 1. The fourth-order valence-corrected chi connectivity index (χ4v) is 3.13. The molecule has 0 radical (unpaired) electrons. The first-order valence-corrected chi connectivity index (χ1v) is 9.33. The molecule has 0 spiro atoms. The van der Waals surface area contributed by atoms with Gasteiger partial charge in [-0.05, 0) is 56.2 Å². The first-order valence-electron chi connectivity index (χ1n) is 9.33. The van der Waals surface area contributed by atoms with Gasteiger partial charge in [0.05, 0.1) is 19.0 Å². The van der Waals surface area contributed by atoms with Crippen LogP contribution in [0, 0.1) is 20.8 Å². The van der Waals surface area contributed by atoms with Gasteiger partial charge < -0.3 is 20.1 Å². The second kappa shape index (κ2) is 9.10. The van der Waals surface area contributed by atoms with Crippen LogP contribution in [0.2, 0.25) is 0 Å². The molecule has 2 aromatic carbocycles. The molecule has 0 fully saturated rings. The van der Waals surface area contributed by atoms with Gasteiger partial charge in [0.25, 0.3) is 5.91 Å². The maximum Gasteiger partial charge on any atom is 0.262 e. The van der Waals surface area contributed by atoms with Gasteiger partial charge in [-0.3, -0.25) is 4.79 Å². The van der Waals surface area contributed by atoms with Crippen LogP contribution in [0.25, 0.3) is 0 Å². The SMILES string of the molecule is COc1ccccc1OCC(=O)Nc1ccc(Nc2c(C)cc(C)cc2C)nc1. The lowest BCUT2D eigenvalue weighted by atomic mass is 10.1. The third-order valence-electron chi connectivity index (χ3n) is 4.41. The molecule has 0 atom stereocenters. The molecule has 0 aliphatic rings. The zero-order chi connectivity index (χ0) is 20.8. The van der Waals surface area contributed by atoms with E-state index in [9.17, 15) is 4.79 Å². The van der Waals surface area contributed by atoms with Gasteiger partial charge in [-0.2, -0.15) is 0 Å².